The van der Waals surface area contributed by atoms with Crippen molar-refractivity contribution in [1.29, 1.82) is 5.26 Å². The summed E-state index contributed by atoms with van der Waals surface area (Å²) >= 11 is 0. The van der Waals surface area contributed by atoms with Gasteiger partial charge in [0.2, 0.25) is 5.91 Å². The van der Waals surface area contributed by atoms with Crippen molar-refractivity contribution in [3.8, 4) is 23.3 Å². The number of alkyl halides is 3. The lowest BCUT2D eigenvalue weighted by atomic mass is 9.96. The molecule has 3 aromatic heterocycles. The highest BCUT2D eigenvalue weighted by Gasteiger charge is 2.38. The summed E-state index contributed by atoms with van der Waals surface area (Å²) in [4.78, 5) is 32.5. The predicted octanol–water partition coefficient (Wildman–Crippen LogP) is 4.95. The zero-order chi connectivity index (χ0) is 34.9. The van der Waals surface area contributed by atoms with Gasteiger partial charge in [-0.3, -0.25) is 4.79 Å². The molecule has 1 aromatic carbocycles. The number of aryl methyl sites for hydroxylation is 1. The largest absolute Gasteiger partial charge is 0.463 e. The number of nitrogens with zero attached hydrogens (tertiary/aromatic N) is 7. The number of carbonyl (C=O) groups is 1. The topological polar surface area (TPSA) is 147 Å². The maximum atomic E-state index is 14.5. The Labute approximate surface area is 280 Å². The molecule has 0 aliphatic carbocycles. The predicted molar refractivity (Wildman–Crippen MR) is 177 cm³/mol. The van der Waals surface area contributed by atoms with Crippen LogP contribution in [0.3, 0.4) is 0 Å². The first kappa shape index (κ1) is 33.9. The molecule has 12 nitrogen and oxygen atoms in total. The molecule has 0 unspecified atom stereocenters. The van der Waals surface area contributed by atoms with Crippen molar-refractivity contribution in [1.82, 2.24) is 24.8 Å². The van der Waals surface area contributed by atoms with Gasteiger partial charge in [0.05, 0.1) is 53.6 Å². The molecule has 2 N–H and O–H groups in total. The van der Waals surface area contributed by atoms with Crippen LogP contribution in [0, 0.1) is 18.3 Å². The minimum atomic E-state index is -4.71. The van der Waals surface area contributed by atoms with Crippen LogP contribution in [0.4, 0.5) is 24.8 Å². The number of carbonyl (C=O) groups excluding carboxylic acids is 1. The lowest BCUT2D eigenvalue weighted by molar-refractivity contribution is -0.137. The highest BCUT2D eigenvalue weighted by Crippen LogP contribution is 2.44. The number of benzene rings is 1. The van der Waals surface area contributed by atoms with Gasteiger partial charge in [0.1, 0.15) is 23.8 Å². The van der Waals surface area contributed by atoms with Crippen molar-refractivity contribution in [3.63, 3.8) is 0 Å². The molecule has 258 valence electrons. The van der Waals surface area contributed by atoms with E-state index in [2.05, 4.69) is 16.0 Å². The Morgan fingerprint density at radius 3 is 2.73 bits per heavy atom. The quantitative estimate of drug-likeness (QED) is 0.240. The molecular weight excluding hydrogens is 641 g/mol. The third-order valence-corrected chi connectivity index (χ3v) is 9.13. The van der Waals surface area contributed by atoms with Gasteiger partial charge in [-0.1, -0.05) is 6.08 Å². The maximum Gasteiger partial charge on any atom is 0.418 e. The Hall–Kier alpha value is -4.94. The summed E-state index contributed by atoms with van der Waals surface area (Å²) < 4.78 is 60.6. The van der Waals surface area contributed by atoms with Crippen molar-refractivity contribution in [2.75, 3.05) is 64.2 Å². The molecule has 0 saturated carbocycles. The molecule has 0 radical (unpaired) electrons. The first-order valence-corrected chi connectivity index (χ1v) is 16.0. The van der Waals surface area contributed by atoms with Gasteiger partial charge in [-0.15, -0.1) is 0 Å². The van der Waals surface area contributed by atoms with E-state index in [1.807, 2.05) is 11.9 Å². The van der Waals surface area contributed by atoms with Gasteiger partial charge in [0, 0.05) is 49.8 Å². The summed E-state index contributed by atoms with van der Waals surface area (Å²) in [6, 6.07) is 6.23. The normalized spacial score (nSPS) is 19.0. The molecule has 2 saturated heterocycles. The third-order valence-electron chi connectivity index (χ3n) is 9.13. The number of nitrogen functional groups attached to an aromatic ring is 1. The molecule has 49 heavy (non-hydrogen) atoms. The van der Waals surface area contributed by atoms with Crippen molar-refractivity contribution in [2.24, 2.45) is 0 Å². The highest BCUT2D eigenvalue weighted by atomic mass is 19.4. The third kappa shape index (κ3) is 6.83. The number of nitrogens with two attached hydrogens (primary N) is 1. The number of anilines is 2. The number of likely N-dealkylation sites (N-methyl/N-ethyl adjacent to an activating group) is 1. The van der Waals surface area contributed by atoms with E-state index in [0.29, 0.717) is 29.7 Å². The fraction of sp³-hybridized carbons (Fsp3) is 0.441. The number of piperazine rings is 1. The van der Waals surface area contributed by atoms with Crippen LogP contribution in [0.25, 0.3) is 33.1 Å². The monoisotopic (exact) mass is 678 g/mol. The van der Waals surface area contributed by atoms with Crippen molar-refractivity contribution in [2.45, 2.75) is 44.4 Å². The van der Waals surface area contributed by atoms with Gasteiger partial charge in [-0.05, 0) is 57.1 Å². The van der Waals surface area contributed by atoms with E-state index < -0.39 is 17.8 Å². The van der Waals surface area contributed by atoms with Gasteiger partial charge in [-0.2, -0.15) is 28.4 Å². The van der Waals surface area contributed by atoms with Crippen molar-refractivity contribution < 1.29 is 31.9 Å². The number of likely N-dealkylation sites (tertiary alicyclic amines) is 1. The number of furan rings is 1. The number of hydrogen-bond donors (Lipinski definition) is 1. The number of pyridine rings is 1. The second kappa shape index (κ2) is 13.9. The summed E-state index contributed by atoms with van der Waals surface area (Å²) in [5.74, 6) is 0.125. The Morgan fingerprint density at radius 1 is 1.20 bits per heavy atom. The fourth-order valence-corrected chi connectivity index (χ4v) is 6.76. The molecular formula is C34H37F3N8O4. The number of aromatic nitrogens is 3. The number of rotatable bonds is 9. The second-order valence-corrected chi connectivity index (χ2v) is 12.3. The molecule has 15 heteroatoms. The van der Waals surface area contributed by atoms with Crippen molar-refractivity contribution >= 4 is 39.4 Å². The summed E-state index contributed by atoms with van der Waals surface area (Å²) in [6.07, 6.45) is 1.78. The van der Waals surface area contributed by atoms with Gasteiger partial charge in [0.15, 0.2) is 0 Å². The lowest BCUT2D eigenvalue weighted by Gasteiger charge is -2.41. The molecule has 0 bridgehead atoms. The Balaban J connectivity index is 1.50. The van der Waals surface area contributed by atoms with E-state index >= 15 is 0 Å². The fourth-order valence-electron chi connectivity index (χ4n) is 6.76. The van der Waals surface area contributed by atoms with E-state index in [1.165, 1.54) is 38.5 Å². The Morgan fingerprint density at radius 2 is 2.02 bits per heavy atom. The van der Waals surface area contributed by atoms with Crippen LogP contribution in [-0.2, 0) is 15.7 Å². The molecule has 5 heterocycles. The molecule has 2 fully saturated rings. The molecule has 2 atom stereocenters. The van der Waals surface area contributed by atoms with Crippen LogP contribution in [0.5, 0.6) is 6.01 Å². The summed E-state index contributed by atoms with van der Waals surface area (Å²) in [5, 5.41) is 10.5. The molecule has 4 aromatic rings. The summed E-state index contributed by atoms with van der Waals surface area (Å²) in [7, 11) is 3.55. The van der Waals surface area contributed by atoms with Gasteiger partial charge < -0.3 is 34.3 Å². The van der Waals surface area contributed by atoms with Crippen LogP contribution in [0.15, 0.2) is 41.0 Å². The van der Waals surface area contributed by atoms with Crippen LogP contribution < -0.4 is 15.4 Å². The lowest BCUT2D eigenvalue weighted by Crippen LogP contribution is -2.55. The van der Waals surface area contributed by atoms with Gasteiger partial charge >= 0.3 is 12.2 Å². The Bertz CT molecular complexity index is 1940. The highest BCUT2D eigenvalue weighted by molar-refractivity contribution is 6.14. The van der Waals surface area contributed by atoms with E-state index in [4.69, 9.17) is 29.6 Å². The number of nitriles is 1. The number of ether oxygens (including phenoxy) is 2. The number of amides is 1. The average Bonchev–Trinajstić information content (AvgIpc) is 3.71. The minimum Gasteiger partial charge on any atom is -0.463 e. The molecule has 6 rings (SSSR count). The second-order valence-electron chi connectivity index (χ2n) is 12.3. The minimum absolute atomic E-state index is 0.0465. The number of hydrogen-bond acceptors (Lipinski definition) is 11. The average molecular weight is 679 g/mol. The van der Waals surface area contributed by atoms with E-state index in [-0.39, 0.29) is 77.8 Å². The van der Waals surface area contributed by atoms with Crippen LogP contribution in [-0.4, -0.2) is 96.3 Å². The van der Waals surface area contributed by atoms with E-state index in [1.54, 1.807) is 17.0 Å². The SMILES string of the molecule is COC/C=C/C(=O)N1CCN(c2nc(OC[C@@H]3CCCN3C)nc3cc(-c4nc(N)cc(C)c4C(F)(F)F)c4ccoc4c23)C[C@@H]1CC#N. The van der Waals surface area contributed by atoms with Gasteiger partial charge in [-0.25, -0.2) is 4.98 Å². The van der Waals surface area contributed by atoms with E-state index in [0.717, 1.165) is 19.4 Å². The smallest absolute Gasteiger partial charge is 0.418 e. The zero-order valence-corrected chi connectivity index (χ0v) is 27.5. The number of methoxy groups -OCH3 is 1. The van der Waals surface area contributed by atoms with Gasteiger partial charge in [0.25, 0.3) is 0 Å². The molecule has 0 spiro atoms. The molecule has 1 amide bonds. The number of halogens is 3. The van der Waals surface area contributed by atoms with Crippen LogP contribution in [0.1, 0.15) is 30.4 Å². The first-order chi connectivity index (χ1) is 23.5. The molecule has 2 aliphatic rings. The maximum absolute atomic E-state index is 14.5. The van der Waals surface area contributed by atoms with Crippen LogP contribution >= 0.6 is 0 Å². The zero-order valence-electron chi connectivity index (χ0n) is 27.5. The van der Waals surface area contributed by atoms with Crippen molar-refractivity contribution in [3.05, 3.63) is 47.7 Å². The summed E-state index contributed by atoms with van der Waals surface area (Å²) in [5.41, 5.74) is 5.37. The Kier molecular flexibility index (Phi) is 9.62. The van der Waals surface area contributed by atoms with E-state index in [9.17, 15) is 23.2 Å². The molecule has 2 aliphatic heterocycles. The number of fused-ring (bicyclic) bond motifs is 3. The standard InChI is InChI=1S/C34H37F3N8O4/c1-20-16-26(39)41-30(29(20)34(35,36)37)24-17-25-28(31-23(24)9-15-48-31)32(42-33(40-25)49-19-22-6-4-11-43(22)2)44-12-13-45(21(18-44)8-10-38)27(46)7-5-14-47-3/h5,7,9,15-17,21-22H,4,6,8,11-14,18-19H2,1-3H3,(H2,39,41)/b7-5+/t21-,22-/m0/s1. The van der Waals surface area contributed by atoms with Crippen LogP contribution in [0.2, 0.25) is 0 Å². The first-order valence-electron chi connectivity index (χ1n) is 16.0. The summed E-state index contributed by atoms with van der Waals surface area (Å²) in [6.45, 7) is 3.77.